The summed E-state index contributed by atoms with van der Waals surface area (Å²) in [5, 5.41) is 54.4. The third-order valence-corrected chi connectivity index (χ3v) is 13.9. The maximum atomic E-state index is 12.5. The molecule has 280 valence electrons. The standard InChI is InChI=1S/C39H52O12/c1-37-13-10-24(18-23(37)6-7-27-26(37)11-14-38(2)25(12-15-39(27,38)46)22-17-32(42)48-19-22)50-36-35(45)34(44)33(43)30(51-36)20-49-31(41)9-5-21-4-8-28(40)29(16-21)47-3/h4-5,8-9,16-17,23-27,30,33-36,40,43-46H,6-7,10-15,18-20H2,1-3H3/b9-5+/t23?,24-,25+,26-,27+,30+,33+,34-,35+,36+,37-,38+,39-/m0/s1. The Morgan fingerprint density at radius 1 is 1.00 bits per heavy atom. The molecule has 12 heteroatoms. The summed E-state index contributed by atoms with van der Waals surface area (Å²) >= 11 is 0. The molecule has 4 saturated carbocycles. The highest BCUT2D eigenvalue weighted by Crippen LogP contribution is 2.70. The number of esters is 2. The van der Waals surface area contributed by atoms with Gasteiger partial charge in [0.2, 0.25) is 0 Å². The van der Waals surface area contributed by atoms with Gasteiger partial charge < -0.3 is 49.2 Å². The van der Waals surface area contributed by atoms with Crippen molar-refractivity contribution in [1.82, 2.24) is 0 Å². The van der Waals surface area contributed by atoms with Crippen LogP contribution in [0.2, 0.25) is 0 Å². The molecule has 5 N–H and O–H groups in total. The molecular formula is C39H52O12. The second-order valence-electron chi connectivity index (χ2n) is 16.2. The summed E-state index contributed by atoms with van der Waals surface area (Å²) in [6, 6.07) is 4.60. The molecule has 0 spiro atoms. The minimum atomic E-state index is -1.56. The molecule has 0 bridgehead atoms. The van der Waals surface area contributed by atoms with Gasteiger partial charge in [-0.1, -0.05) is 19.9 Å². The van der Waals surface area contributed by atoms with Crippen molar-refractivity contribution in [2.45, 2.75) is 114 Å². The first kappa shape index (κ1) is 36.4. The zero-order valence-corrected chi connectivity index (χ0v) is 29.6. The average molecular weight is 713 g/mol. The number of methoxy groups -OCH3 is 1. The number of phenolic OH excluding ortho intramolecular Hbond substituents is 1. The molecule has 2 aliphatic heterocycles. The summed E-state index contributed by atoms with van der Waals surface area (Å²) in [4.78, 5) is 24.4. The first-order valence-electron chi connectivity index (χ1n) is 18.4. The Bertz CT molecular complexity index is 1560. The number of aromatic hydroxyl groups is 1. The molecule has 1 unspecified atom stereocenters. The highest BCUT2D eigenvalue weighted by Gasteiger charge is 2.67. The second-order valence-corrected chi connectivity index (χ2v) is 16.2. The van der Waals surface area contributed by atoms with Gasteiger partial charge in [0.1, 0.15) is 37.6 Å². The topological polar surface area (TPSA) is 181 Å². The Kier molecular flexibility index (Phi) is 9.81. The van der Waals surface area contributed by atoms with E-state index in [4.69, 9.17) is 23.7 Å². The number of hydrogen-bond acceptors (Lipinski definition) is 12. The molecule has 1 aromatic rings. The van der Waals surface area contributed by atoms with E-state index in [1.54, 1.807) is 18.2 Å². The molecule has 1 saturated heterocycles. The van der Waals surface area contributed by atoms with Gasteiger partial charge in [-0.25, -0.2) is 9.59 Å². The second kappa shape index (κ2) is 13.8. The van der Waals surface area contributed by atoms with Crippen LogP contribution in [0.4, 0.5) is 0 Å². The van der Waals surface area contributed by atoms with E-state index in [-0.39, 0.29) is 52.8 Å². The number of aliphatic hydroxyl groups is 4. The molecule has 12 nitrogen and oxygen atoms in total. The van der Waals surface area contributed by atoms with Crippen molar-refractivity contribution in [2.24, 2.45) is 34.5 Å². The number of hydrogen-bond donors (Lipinski definition) is 5. The van der Waals surface area contributed by atoms with Crippen LogP contribution in [0.5, 0.6) is 11.5 Å². The van der Waals surface area contributed by atoms with Gasteiger partial charge in [-0.3, -0.25) is 0 Å². The zero-order valence-electron chi connectivity index (χ0n) is 29.6. The van der Waals surface area contributed by atoms with Crippen molar-refractivity contribution < 1.29 is 58.8 Å². The predicted molar refractivity (Wildman–Crippen MR) is 182 cm³/mol. The number of carbonyl (C=O) groups excluding carboxylic acids is 2. The predicted octanol–water partition coefficient (Wildman–Crippen LogP) is 3.41. The van der Waals surface area contributed by atoms with Crippen LogP contribution < -0.4 is 4.74 Å². The van der Waals surface area contributed by atoms with Gasteiger partial charge in [-0.15, -0.1) is 0 Å². The maximum absolute atomic E-state index is 12.5. The lowest BCUT2D eigenvalue weighted by Crippen LogP contribution is -2.63. The first-order chi connectivity index (χ1) is 24.3. The third kappa shape index (κ3) is 6.29. The van der Waals surface area contributed by atoms with E-state index in [9.17, 15) is 35.1 Å². The first-order valence-corrected chi connectivity index (χ1v) is 18.4. The minimum absolute atomic E-state index is 0.0148. The van der Waals surface area contributed by atoms with Crippen LogP contribution in [-0.4, -0.2) is 100 Å². The van der Waals surface area contributed by atoms with Crippen LogP contribution in [-0.2, 0) is 28.5 Å². The summed E-state index contributed by atoms with van der Waals surface area (Å²) in [5.41, 5.74) is 0.554. The van der Waals surface area contributed by atoms with Crippen molar-refractivity contribution >= 4 is 18.0 Å². The summed E-state index contributed by atoms with van der Waals surface area (Å²) in [5.74, 6) is 0.278. The van der Waals surface area contributed by atoms with Crippen LogP contribution in [0.15, 0.2) is 35.9 Å². The quantitative estimate of drug-likeness (QED) is 0.151. The molecule has 7 rings (SSSR count). The van der Waals surface area contributed by atoms with E-state index in [0.717, 1.165) is 63.4 Å². The summed E-state index contributed by atoms with van der Waals surface area (Å²) in [7, 11) is 1.42. The molecule has 5 fully saturated rings. The Hall–Kier alpha value is -3.00. The Labute approximate surface area is 298 Å². The molecule has 0 aromatic heterocycles. The van der Waals surface area contributed by atoms with Crippen molar-refractivity contribution in [3.8, 4) is 11.5 Å². The SMILES string of the molecule is COc1cc(/C=C/C(=O)OC[C@H]2O[C@@H](O[C@H]3CC[C@@]4(C)C(CC[C@@H]5[C@@H]4CC[C@]4(C)[C@@H](C6=CC(=O)OC6)CC[C@]54O)C3)[C@H](O)[C@@H](O)[C@@H]2O)ccc1O. The number of phenols is 1. The van der Waals surface area contributed by atoms with Crippen molar-refractivity contribution in [2.75, 3.05) is 20.3 Å². The van der Waals surface area contributed by atoms with Gasteiger partial charge in [0, 0.05) is 17.6 Å². The van der Waals surface area contributed by atoms with Gasteiger partial charge in [0.15, 0.2) is 17.8 Å². The van der Waals surface area contributed by atoms with E-state index in [1.807, 2.05) is 0 Å². The third-order valence-electron chi connectivity index (χ3n) is 13.9. The highest BCUT2D eigenvalue weighted by atomic mass is 16.7. The summed E-state index contributed by atoms with van der Waals surface area (Å²) in [6.07, 6.45) is 4.94. The maximum Gasteiger partial charge on any atom is 0.331 e. The van der Waals surface area contributed by atoms with Gasteiger partial charge >= 0.3 is 11.9 Å². The number of carbonyl (C=O) groups is 2. The molecule has 2 heterocycles. The summed E-state index contributed by atoms with van der Waals surface area (Å²) < 4.78 is 27.9. The van der Waals surface area contributed by atoms with Crippen molar-refractivity contribution in [3.63, 3.8) is 0 Å². The lowest BCUT2D eigenvalue weighted by molar-refractivity contribution is -0.317. The molecule has 0 amide bonds. The van der Waals surface area contributed by atoms with Crippen LogP contribution in [0.25, 0.3) is 6.08 Å². The molecule has 51 heavy (non-hydrogen) atoms. The molecule has 6 aliphatic rings. The monoisotopic (exact) mass is 712 g/mol. The van der Waals surface area contributed by atoms with Crippen LogP contribution in [0.3, 0.4) is 0 Å². The largest absolute Gasteiger partial charge is 0.504 e. The van der Waals surface area contributed by atoms with E-state index in [0.29, 0.717) is 24.0 Å². The number of rotatable bonds is 8. The molecule has 13 atom stereocenters. The van der Waals surface area contributed by atoms with Crippen molar-refractivity contribution in [1.29, 1.82) is 0 Å². The smallest absolute Gasteiger partial charge is 0.331 e. The number of ether oxygens (including phenoxy) is 5. The molecule has 1 aromatic carbocycles. The number of fused-ring (bicyclic) bond motifs is 5. The van der Waals surface area contributed by atoms with Gasteiger partial charge in [-0.05, 0) is 116 Å². The average Bonchev–Trinajstić information content (AvgIpc) is 3.66. The van der Waals surface area contributed by atoms with Gasteiger partial charge in [0.05, 0.1) is 18.8 Å². The highest BCUT2D eigenvalue weighted by molar-refractivity contribution is 5.87. The van der Waals surface area contributed by atoms with E-state index < -0.39 is 42.3 Å². The molecule has 0 radical (unpaired) electrons. The Morgan fingerprint density at radius 2 is 1.80 bits per heavy atom. The fourth-order valence-electron chi connectivity index (χ4n) is 11.0. The lowest BCUT2D eigenvalue weighted by Gasteiger charge is -2.64. The van der Waals surface area contributed by atoms with Crippen LogP contribution >= 0.6 is 0 Å². The zero-order chi connectivity index (χ0) is 36.3. The normalized spacial score (nSPS) is 43.5. The fourth-order valence-corrected chi connectivity index (χ4v) is 11.0. The van der Waals surface area contributed by atoms with E-state index in [1.165, 1.54) is 25.3 Å². The van der Waals surface area contributed by atoms with Crippen LogP contribution in [0, 0.1) is 34.5 Å². The van der Waals surface area contributed by atoms with Gasteiger partial charge in [0.25, 0.3) is 0 Å². The Morgan fingerprint density at radius 3 is 2.55 bits per heavy atom. The van der Waals surface area contributed by atoms with Gasteiger partial charge in [-0.2, -0.15) is 0 Å². The Balaban J connectivity index is 0.959. The van der Waals surface area contributed by atoms with Crippen LogP contribution in [0.1, 0.15) is 77.2 Å². The van der Waals surface area contributed by atoms with E-state index >= 15 is 0 Å². The fraction of sp³-hybridized carbons (Fsp3) is 0.692. The lowest BCUT2D eigenvalue weighted by atomic mass is 9.43. The number of aliphatic hydroxyl groups excluding tert-OH is 3. The number of cyclic esters (lactones) is 1. The van der Waals surface area contributed by atoms with E-state index in [2.05, 4.69) is 13.8 Å². The summed E-state index contributed by atoms with van der Waals surface area (Å²) in [6.45, 7) is 4.56. The van der Waals surface area contributed by atoms with Crippen molar-refractivity contribution in [3.05, 3.63) is 41.5 Å². The minimum Gasteiger partial charge on any atom is -0.504 e. The molecular weight excluding hydrogens is 660 g/mol. The molecule has 4 aliphatic carbocycles. The number of benzene rings is 1.